The summed E-state index contributed by atoms with van der Waals surface area (Å²) in [5, 5.41) is 62.3. The smallest absolute Gasteiger partial charge is 0.311 e. The molecule has 15 heteroatoms. The maximum atomic E-state index is 14.6. The minimum atomic E-state index is -2.18. The van der Waals surface area contributed by atoms with Crippen molar-refractivity contribution in [3.8, 4) is 0 Å². The quantitative estimate of drug-likeness (QED) is 0.178. The number of benzene rings is 1. The first-order chi connectivity index (χ1) is 28.3. The number of nitrogens with one attached hydrogen (secondary N) is 2. The Morgan fingerprint density at radius 3 is 2.25 bits per heavy atom. The van der Waals surface area contributed by atoms with Gasteiger partial charge in [0.15, 0.2) is 12.6 Å². The van der Waals surface area contributed by atoms with Crippen LogP contribution in [0, 0.1) is 35.0 Å². The Kier molecular flexibility index (Phi) is 15.6. The van der Waals surface area contributed by atoms with Gasteiger partial charge in [0.1, 0.15) is 23.6 Å². The standard InChI is InChI=1S/C46H72N2O13/c1-23-18-25(3)57-43(37(23)51)61-41-27(5)38(60-35-21-44(8,9)40(53)29(7)58-35)28(6)42(54)59-33(46(11,56)39(52)26(4)36(50)24(2)20-45(41,10)55)16-17-47-34(49)19-30-22-48-32-15-13-12-14-31(30)32/h12-15,22-29,33,35,37-41,43,48,51-53,55-56H,16-21H2,1-11H3,(H,47,49)/t23?,24-,25?,26+,27+,28-,29?,33-,35?,37?,38+,39-,40?,41-,43?,45-,46-/m1/s1. The normalized spacial score (nSPS) is 41.8. The van der Waals surface area contributed by atoms with Crippen molar-refractivity contribution in [2.24, 2.45) is 35.0 Å². The third kappa shape index (κ3) is 11.0. The van der Waals surface area contributed by atoms with Gasteiger partial charge in [-0.2, -0.15) is 0 Å². The number of aliphatic hydroxyl groups is 5. The molecule has 5 rings (SSSR count). The van der Waals surface area contributed by atoms with Crippen molar-refractivity contribution in [3.63, 3.8) is 0 Å². The van der Waals surface area contributed by atoms with Crippen LogP contribution in [0.15, 0.2) is 30.5 Å². The molecule has 0 aliphatic carbocycles. The summed E-state index contributed by atoms with van der Waals surface area (Å²) in [6, 6.07) is 7.61. The largest absolute Gasteiger partial charge is 0.459 e. The first-order valence-corrected chi connectivity index (χ1v) is 22.0. The molecule has 17 atom stereocenters. The molecule has 3 aliphatic rings. The second-order valence-electron chi connectivity index (χ2n) is 19.7. The lowest BCUT2D eigenvalue weighted by atomic mass is 9.74. The van der Waals surface area contributed by atoms with E-state index in [-0.39, 0.29) is 50.2 Å². The number of ether oxygens (including phenoxy) is 5. The van der Waals surface area contributed by atoms with Crippen molar-refractivity contribution in [3.05, 3.63) is 36.0 Å². The minimum Gasteiger partial charge on any atom is -0.459 e. The fourth-order valence-corrected chi connectivity index (χ4v) is 9.91. The summed E-state index contributed by atoms with van der Waals surface area (Å²) in [5.41, 5.74) is -2.96. The Balaban J connectivity index is 1.50. The fraction of sp³-hybridized carbons (Fsp3) is 0.761. The number of aliphatic hydroxyl groups excluding tert-OH is 3. The molecular weight excluding hydrogens is 789 g/mol. The summed E-state index contributed by atoms with van der Waals surface area (Å²) in [4.78, 5) is 45.0. The summed E-state index contributed by atoms with van der Waals surface area (Å²) in [7, 11) is 0. The molecule has 344 valence electrons. The number of rotatable bonds is 9. The Morgan fingerprint density at radius 2 is 1.57 bits per heavy atom. The number of fused-ring (bicyclic) bond motifs is 1. The molecule has 7 N–H and O–H groups in total. The summed E-state index contributed by atoms with van der Waals surface area (Å²) in [6.07, 6.45) is -7.98. The predicted molar refractivity (Wildman–Crippen MR) is 226 cm³/mol. The number of esters is 1. The van der Waals surface area contributed by atoms with Gasteiger partial charge in [0.2, 0.25) is 5.91 Å². The zero-order valence-corrected chi connectivity index (χ0v) is 37.8. The number of H-pyrrole nitrogens is 1. The molecule has 1 amide bonds. The van der Waals surface area contributed by atoms with E-state index in [4.69, 9.17) is 23.7 Å². The van der Waals surface area contributed by atoms with Crippen LogP contribution >= 0.6 is 0 Å². The van der Waals surface area contributed by atoms with E-state index in [1.807, 2.05) is 52.0 Å². The zero-order chi connectivity index (χ0) is 45.4. The predicted octanol–water partition coefficient (Wildman–Crippen LogP) is 3.93. The van der Waals surface area contributed by atoms with Gasteiger partial charge in [0.25, 0.3) is 0 Å². The monoisotopic (exact) mass is 861 g/mol. The van der Waals surface area contributed by atoms with E-state index < -0.39 is 107 Å². The Bertz CT molecular complexity index is 1810. The van der Waals surface area contributed by atoms with Crippen molar-refractivity contribution < 1.29 is 63.6 Å². The van der Waals surface area contributed by atoms with Crippen molar-refractivity contribution in [2.75, 3.05) is 6.54 Å². The molecule has 2 aromatic rings. The molecule has 3 aliphatic heterocycles. The molecule has 1 aromatic carbocycles. The van der Waals surface area contributed by atoms with Gasteiger partial charge in [-0.05, 0) is 70.4 Å². The van der Waals surface area contributed by atoms with Crippen LogP contribution in [0.3, 0.4) is 0 Å². The number of cyclic esters (lactones) is 1. The van der Waals surface area contributed by atoms with E-state index in [0.29, 0.717) is 6.42 Å². The van der Waals surface area contributed by atoms with Crippen LogP contribution in [0.5, 0.6) is 0 Å². The average molecular weight is 861 g/mol. The van der Waals surface area contributed by atoms with E-state index in [1.165, 1.54) is 20.8 Å². The molecule has 61 heavy (non-hydrogen) atoms. The topological polar surface area (TPSA) is 226 Å². The highest BCUT2D eigenvalue weighted by Gasteiger charge is 2.53. The average Bonchev–Trinajstić information content (AvgIpc) is 3.59. The second-order valence-corrected chi connectivity index (χ2v) is 19.7. The fourth-order valence-electron chi connectivity index (χ4n) is 9.91. The number of amides is 1. The molecule has 0 bridgehead atoms. The molecule has 0 saturated carbocycles. The molecule has 15 nitrogen and oxygen atoms in total. The Morgan fingerprint density at radius 1 is 0.902 bits per heavy atom. The number of ketones is 1. The van der Waals surface area contributed by atoms with Crippen LogP contribution in [0.2, 0.25) is 0 Å². The highest BCUT2D eigenvalue weighted by atomic mass is 16.7. The van der Waals surface area contributed by atoms with E-state index in [0.717, 1.165) is 16.5 Å². The third-order valence-electron chi connectivity index (χ3n) is 13.7. The molecule has 7 unspecified atom stereocenters. The lowest BCUT2D eigenvalue weighted by molar-refractivity contribution is -0.312. The van der Waals surface area contributed by atoms with Crippen molar-refractivity contribution in [1.29, 1.82) is 0 Å². The summed E-state index contributed by atoms with van der Waals surface area (Å²) < 4.78 is 31.7. The molecule has 3 fully saturated rings. The number of carbonyl (C=O) groups excluding carboxylic acids is 3. The SMILES string of the molecule is CC1CC(C)C(O)C(O[C@@H]2[C@@H](C)[C@H](OC3CC(C)(C)C(O)C(C)O3)[C@@H](C)C(=O)O[C@H](CCNC(=O)Cc3c[nH]c4ccccc34)[C@@](C)(O)[C@H](O)[C@@H](C)C(=O)[C@H](C)C[C@@]2(C)O)O1. The van der Waals surface area contributed by atoms with Gasteiger partial charge in [0.05, 0.1) is 54.6 Å². The van der Waals surface area contributed by atoms with Gasteiger partial charge in [-0.25, -0.2) is 0 Å². The summed E-state index contributed by atoms with van der Waals surface area (Å²) >= 11 is 0. The first kappa shape index (κ1) is 49.0. The summed E-state index contributed by atoms with van der Waals surface area (Å²) in [5.74, 6) is -5.87. The maximum Gasteiger partial charge on any atom is 0.311 e. The first-order valence-electron chi connectivity index (χ1n) is 22.0. The number of aromatic amines is 1. The van der Waals surface area contributed by atoms with Gasteiger partial charge in [-0.15, -0.1) is 0 Å². The molecule has 4 heterocycles. The van der Waals surface area contributed by atoms with E-state index in [2.05, 4.69) is 10.3 Å². The molecular formula is C46H72N2O13. The zero-order valence-electron chi connectivity index (χ0n) is 37.8. The third-order valence-corrected chi connectivity index (χ3v) is 13.7. The van der Waals surface area contributed by atoms with E-state index in [1.54, 1.807) is 33.9 Å². The van der Waals surface area contributed by atoms with Gasteiger partial charge in [-0.3, -0.25) is 14.4 Å². The highest BCUT2D eigenvalue weighted by Crippen LogP contribution is 2.42. The molecule has 1 aromatic heterocycles. The van der Waals surface area contributed by atoms with Crippen molar-refractivity contribution >= 4 is 28.6 Å². The second kappa shape index (κ2) is 19.4. The highest BCUT2D eigenvalue weighted by molar-refractivity contribution is 5.88. The van der Waals surface area contributed by atoms with Gasteiger partial charge in [-0.1, -0.05) is 59.7 Å². The Labute approximate surface area is 360 Å². The molecule has 0 radical (unpaired) electrons. The minimum absolute atomic E-state index is 0.0456. The maximum absolute atomic E-state index is 14.6. The lowest BCUT2D eigenvalue weighted by Crippen LogP contribution is -2.59. The molecule has 3 saturated heterocycles. The molecule has 0 spiro atoms. The van der Waals surface area contributed by atoms with E-state index in [9.17, 15) is 39.9 Å². The van der Waals surface area contributed by atoms with Crippen LogP contribution < -0.4 is 5.32 Å². The van der Waals surface area contributed by atoms with Crippen LogP contribution in [0.4, 0.5) is 0 Å². The van der Waals surface area contributed by atoms with Crippen LogP contribution in [-0.2, 0) is 44.5 Å². The van der Waals surface area contributed by atoms with Crippen LogP contribution in [0.25, 0.3) is 10.9 Å². The van der Waals surface area contributed by atoms with Crippen molar-refractivity contribution in [2.45, 2.75) is 181 Å². The van der Waals surface area contributed by atoms with Crippen molar-refractivity contribution in [1.82, 2.24) is 10.3 Å². The number of hydrogen-bond acceptors (Lipinski definition) is 13. The van der Waals surface area contributed by atoms with Gasteiger partial charge in [0, 0.05) is 54.2 Å². The van der Waals surface area contributed by atoms with Crippen LogP contribution in [-0.4, -0.2) is 127 Å². The number of aromatic nitrogens is 1. The number of Topliss-reactive ketones (excluding diaryl/α,β-unsaturated/α-hetero) is 1. The number of para-hydroxylation sites is 1. The number of carbonyl (C=O) groups is 3. The summed E-state index contributed by atoms with van der Waals surface area (Å²) in [6.45, 7) is 18.4. The van der Waals surface area contributed by atoms with Crippen LogP contribution in [0.1, 0.15) is 107 Å². The van der Waals surface area contributed by atoms with Gasteiger partial charge < -0.3 is 59.5 Å². The Hall–Kier alpha value is -2.99. The number of hydrogen-bond donors (Lipinski definition) is 7. The lowest BCUT2D eigenvalue weighted by Gasteiger charge is -2.48. The van der Waals surface area contributed by atoms with E-state index >= 15 is 0 Å². The van der Waals surface area contributed by atoms with Gasteiger partial charge >= 0.3 is 5.97 Å².